The van der Waals surface area contributed by atoms with Crippen LogP contribution in [0.25, 0.3) is 22.3 Å². The van der Waals surface area contributed by atoms with E-state index in [1.54, 1.807) is 12.1 Å². The van der Waals surface area contributed by atoms with Gasteiger partial charge in [0.15, 0.2) is 18.1 Å². The summed E-state index contributed by atoms with van der Waals surface area (Å²) in [4.78, 5) is 117. The molecule has 25 nitrogen and oxygen atoms in total. The number of benzene rings is 4. The highest BCUT2D eigenvalue weighted by atomic mass is 16.5. The zero-order valence-corrected chi connectivity index (χ0v) is 50.4. The number of aliphatic hydroxyl groups is 6. The minimum atomic E-state index is -2.32. The molecule has 14 atom stereocenters. The van der Waals surface area contributed by atoms with Crippen molar-refractivity contribution in [2.45, 2.75) is 139 Å². The van der Waals surface area contributed by atoms with Gasteiger partial charge in [-0.3, -0.25) is 38.4 Å². The lowest BCUT2D eigenvalue weighted by molar-refractivity contribution is -0.870. The molecule has 0 unspecified atom stereocenters. The van der Waals surface area contributed by atoms with E-state index in [0.29, 0.717) is 11.1 Å². The number of aromatic hydroxyl groups is 1. The quantitative estimate of drug-likeness (QED) is 0.0355. The van der Waals surface area contributed by atoms with Crippen molar-refractivity contribution >= 4 is 47.1 Å². The maximum absolute atomic E-state index is 14.8. The number of ketones is 1. The molecule has 25 heteroatoms. The standard InChI is InChI=1S/C63H82N8O17/c1-8-9-10-28-87-45-25-21-40(22-26-45)38-13-11-37(12-14-38)39-15-17-42(18-16-39)56(80)64-46-31-48(76)61(88-29-27-71(5,6)7)68-60(84)52-53(77)34(2)32-70(52)63(86)50(36(4)73)66-59(83)51(55(79)54(78)41-19-23-43(74)24-20-41)67-58(82)47-30-44(75)33-69(47)62(85)49(35(3)72)65-57(46)81/h11-26,34-35,44,46-55,61,72,75-79H,8-10,27-33H2,1-7H3,(H5-,64,65,66,67,68,74,80,81,82,83,84)/p+1/t34-,35+,44+,46-,47-,48+,49-,50-,51-,52-,53-,54-,55-,61+/m0/s1. The molecule has 3 heterocycles. The first kappa shape index (κ1) is 67.6. The molecule has 3 aliphatic rings. The van der Waals surface area contributed by atoms with Gasteiger partial charge in [-0.25, -0.2) is 0 Å². The van der Waals surface area contributed by atoms with Gasteiger partial charge >= 0.3 is 0 Å². The molecule has 88 heavy (non-hydrogen) atoms. The molecule has 0 saturated carbocycles. The predicted molar refractivity (Wildman–Crippen MR) is 319 cm³/mol. The number of carbonyl (C=O) groups excluding carboxylic acids is 8. The topological polar surface area (TPSA) is 363 Å². The van der Waals surface area contributed by atoms with E-state index in [4.69, 9.17) is 9.47 Å². The fourth-order valence-electron chi connectivity index (χ4n) is 10.7. The number of nitrogens with zero attached hydrogens (tertiary/aromatic N) is 3. The first-order valence-corrected chi connectivity index (χ1v) is 29.5. The summed E-state index contributed by atoms with van der Waals surface area (Å²) >= 11 is 0. The van der Waals surface area contributed by atoms with Gasteiger partial charge in [0, 0.05) is 37.4 Å². The van der Waals surface area contributed by atoms with Crippen LogP contribution in [0.15, 0.2) is 97.1 Å². The number of hydrogen-bond acceptors (Lipinski definition) is 17. The normalized spacial score (nSPS) is 26.3. The van der Waals surface area contributed by atoms with E-state index in [1.165, 1.54) is 31.2 Å². The summed E-state index contributed by atoms with van der Waals surface area (Å²) in [5.41, 5.74) is 3.44. The van der Waals surface area contributed by atoms with E-state index in [0.717, 1.165) is 83.0 Å². The lowest BCUT2D eigenvalue weighted by Crippen LogP contribution is -2.64. The molecule has 3 fully saturated rings. The second-order valence-corrected chi connectivity index (χ2v) is 24.0. The third kappa shape index (κ3) is 17.0. The van der Waals surface area contributed by atoms with E-state index < -0.39 is 152 Å². The molecule has 7 amide bonds. The Morgan fingerprint density at radius 1 is 0.682 bits per heavy atom. The van der Waals surface area contributed by atoms with Crippen LogP contribution in [-0.4, -0.2) is 224 Å². The zero-order valence-electron chi connectivity index (χ0n) is 50.4. The van der Waals surface area contributed by atoms with Crippen LogP contribution in [0.5, 0.6) is 11.5 Å². The Kier molecular flexibility index (Phi) is 23.0. The molecule has 0 radical (unpaired) electrons. The summed E-state index contributed by atoms with van der Waals surface area (Å²) in [5, 5.41) is 91.1. The number of hydrogen-bond donors (Lipinski definition) is 12. The Balaban J connectivity index is 1.23. The van der Waals surface area contributed by atoms with Crippen molar-refractivity contribution in [3.05, 3.63) is 108 Å². The van der Waals surface area contributed by atoms with Crippen LogP contribution < -0.4 is 31.3 Å². The average molecular weight is 1220 g/mol. The highest BCUT2D eigenvalue weighted by Gasteiger charge is 2.50. The number of rotatable bonds is 18. The number of nitrogens with one attached hydrogen (secondary N) is 5. The minimum absolute atomic E-state index is 0.0408. The summed E-state index contributed by atoms with van der Waals surface area (Å²) < 4.78 is 12.3. The van der Waals surface area contributed by atoms with Gasteiger partial charge in [-0.15, -0.1) is 0 Å². The number of quaternary nitrogens is 1. The fraction of sp³-hybridized carbons (Fsp3) is 0.492. The fourth-order valence-corrected chi connectivity index (χ4v) is 10.7. The number of ether oxygens (including phenoxy) is 2. The van der Waals surface area contributed by atoms with Crippen LogP contribution in [0.1, 0.15) is 81.8 Å². The molecule has 0 aromatic heterocycles. The summed E-state index contributed by atoms with van der Waals surface area (Å²) in [6, 6.07) is 14.9. The molecular formula is C63H83N8O17+. The van der Waals surface area contributed by atoms with Crippen LogP contribution in [0.4, 0.5) is 0 Å². The maximum Gasteiger partial charge on any atom is 0.253 e. The number of carbonyl (C=O) groups is 8. The van der Waals surface area contributed by atoms with Crippen molar-refractivity contribution in [3.63, 3.8) is 0 Å². The first-order valence-electron chi connectivity index (χ1n) is 29.5. The second kappa shape index (κ2) is 29.9. The first-order chi connectivity index (χ1) is 41.6. The van der Waals surface area contributed by atoms with Gasteiger partial charge in [0.25, 0.3) is 11.8 Å². The van der Waals surface area contributed by atoms with Crippen molar-refractivity contribution in [2.75, 3.05) is 54.0 Å². The van der Waals surface area contributed by atoms with Crippen molar-refractivity contribution in [1.29, 1.82) is 0 Å². The third-order valence-corrected chi connectivity index (χ3v) is 16.0. The van der Waals surface area contributed by atoms with Gasteiger partial charge in [-0.05, 0) is 84.5 Å². The molecule has 476 valence electrons. The van der Waals surface area contributed by atoms with Gasteiger partial charge in [0.2, 0.25) is 29.5 Å². The van der Waals surface area contributed by atoms with Gasteiger partial charge in [0.1, 0.15) is 66.6 Å². The van der Waals surface area contributed by atoms with Gasteiger partial charge in [0.05, 0.1) is 52.7 Å². The Morgan fingerprint density at radius 2 is 1.26 bits per heavy atom. The van der Waals surface area contributed by atoms with Crippen molar-refractivity contribution in [1.82, 2.24) is 36.4 Å². The lowest BCUT2D eigenvalue weighted by atomic mass is 9.97. The molecule has 12 N–H and O–H groups in total. The zero-order chi connectivity index (χ0) is 64.3. The van der Waals surface area contributed by atoms with Crippen molar-refractivity contribution in [3.8, 4) is 33.8 Å². The van der Waals surface area contributed by atoms with Gasteiger partial charge in [-0.2, -0.15) is 0 Å². The van der Waals surface area contributed by atoms with Gasteiger partial charge in [-0.1, -0.05) is 87.4 Å². The average Bonchev–Trinajstić information content (AvgIpc) is 2.08. The molecule has 4 aromatic carbocycles. The van der Waals surface area contributed by atoms with E-state index >= 15 is 0 Å². The number of amides is 7. The molecular weight excluding hydrogens is 1140 g/mol. The number of Topliss-reactive ketones (excluding diaryl/α,β-unsaturated/α-hetero) is 1. The smallest absolute Gasteiger partial charge is 0.253 e. The van der Waals surface area contributed by atoms with Crippen molar-refractivity contribution in [2.24, 2.45) is 5.92 Å². The van der Waals surface area contributed by atoms with Crippen LogP contribution in [0.3, 0.4) is 0 Å². The highest BCUT2D eigenvalue weighted by Crippen LogP contribution is 2.30. The molecule has 3 aliphatic heterocycles. The Hall–Kier alpha value is -7.88. The van der Waals surface area contributed by atoms with E-state index in [1.807, 2.05) is 69.7 Å². The summed E-state index contributed by atoms with van der Waals surface area (Å²) in [6.45, 7) is 5.50. The number of likely N-dealkylation sites (N-methyl/N-ethyl adjacent to an activating group) is 1. The van der Waals surface area contributed by atoms with Crippen LogP contribution in [0.2, 0.25) is 0 Å². The Bertz CT molecular complexity index is 3090. The Labute approximate surface area is 510 Å². The highest BCUT2D eigenvalue weighted by molar-refractivity contribution is 6.09. The molecule has 3 saturated heterocycles. The van der Waals surface area contributed by atoms with Gasteiger partial charge < -0.3 is 86.1 Å². The number of aliphatic hydroxyl groups excluding tert-OH is 6. The van der Waals surface area contributed by atoms with Crippen molar-refractivity contribution < 1.29 is 88.1 Å². The molecule has 0 spiro atoms. The predicted octanol–water partition coefficient (Wildman–Crippen LogP) is 0.0116. The Morgan fingerprint density at radius 3 is 1.83 bits per heavy atom. The molecule has 4 aromatic rings. The minimum Gasteiger partial charge on any atom is -0.508 e. The van der Waals surface area contributed by atoms with E-state index in [2.05, 4.69) is 33.5 Å². The molecule has 0 aliphatic carbocycles. The number of phenolic OH excluding ortho intramolecular Hbond substituents is 1. The van der Waals surface area contributed by atoms with E-state index in [-0.39, 0.29) is 36.6 Å². The monoisotopic (exact) mass is 1220 g/mol. The van der Waals surface area contributed by atoms with E-state index in [9.17, 15) is 74.1 Å². The van der Waals surface area contributed by atoms with Crippen LogP contribution in [-0.2, 0) is 38.3 Å². The molecule has 0 bridgehead atoms. The lowest BCUT2D eigenvalue weighted by Gasteiger charge is -2.33. The summed E-state index contributed by atoms with van der Waals surface area (Å²) in [6.07, 6.45) is -11.0. The third-order valence-electron chi connectivity index (χ3n) is 16.0. The summed E-state index contributed by atoms with van der Waals surface area (Å²) in [5.74, 6) is -9.54. The number of unbranched alkanes of at least 4 members (excludes halogenated alkanes) is 2. The summed E-state index contributed by atoms with van der Waals surface area (Å²) in [7, 11) is 5.50. The largest absolute Gasteiger partial charge is 0.508 e. The molecule has 7 rings (SSSR count). The van der Waals surface area contributed by atoms with Crippen LogP contribution >= 0.6 is 0 Å². The van der Waals surface area contributed by atoms with Crippen LogP contribution in [0, 0.1) is 5.92 Å². The number of phenols is 1. The second-order valence-electron chi connectivity index (χ2n) is 24.0. The SMILES string of the molecule is CCCCCOc1ccc(-c2ccc(-c3ccc(C(=O)N[C@H]4C[C@@H](O)[C@@H](OCC[N+](C)(C)C)NC(=O)[C@@H]5[C@@H](O)[C@@H](C)CN5C(=O)[C@H](C(C)=O)NC(=O)[C@H]([C@H](O)[C@@H](O)c5ccc(O)cc5)NC(=O)[C@@H]5C[C@@H](O)CN5C(=O)[C@H]([C@@H](C)O)NC4=O)cc3)cc2)cc1. The maximum atomic E-state index is 14.8. The number of fused-ring (bicyclic) bond motifs is 2.